The maximum atomic E-state index is 11.4. The Bertz CT molecular complexity index is 224. The van der Waals surface area contributed by atoms with Crippen LogP contribution in [-0.4, -0.2) is 17.5 Å². The number of hydrogen-bond acceptors (Lipinski definition) is 3. The minimum absolute atomic E-state index is 0.322. The number of halogens is 1. The van der Waals surface area contributed by atoms with E-state index in [0.717, 1.165) is 0 Å². The molecule has 0 amide bonds. The van der Waals surface area contributed by atoms with Gasteiger partial charge >= 0.3 is 5.97 Å². The first-order valence-corrected chi connectivity index (χ1v) is 4.51. The smallest absolute Gasteiger partial charge is 0.337 e. The van der Waals surface area contributed by atoms with Crippen LogP contribution >= 0.6 is 11.6 Å². The van der Waals surface area contributed by atoms with Crippen LogP contribution in [0.2, 0.25) is 0 Å². The largest absolute Gasteiger partial charge is 0.463 e. The number of esters is 1. The molecular formula is C9H16ClNO2. The van der Waals surface area contributed by atoms with Gasteiger partial charge in [0.2, 0.25) is 0 Å². The van der Waals surface area contributed by atoms with Gasteiger partial charge in [0.15, 0.2) is 0 Å². The summed E-state index contributed by atoms with van der Waals surface area (Å²) in [5, 5.41) is 0. The standard InChI is InChI=1S/C9H16ClNO2/c1-5-13-8(12)7(6(2)11)9(3,4)10/h5,11H2,1-4H3/b7-6+. The predicted octanol–water partition coefficient (Wildman–Crippen LogP) is 1.80. The first-order valence-electron chi connectivity index (χ1n) is 4.13. The van der Waals surface area contributed by atoms with Gasteiger partial charge in [0.05, 0.1) is 17.1 Å². The van der Waals surface area contributed by atoms with Crippen molar-refractivity contribution >= 4 is 17.6 Å². The molecule has 0 fully saturated rings. The Labute approximate surface area is 83.9 Å². The fourth-order valence-corrected chi connectivity index (χ4v) is 1.30. The van der Waals surface area contributed by atoms with Crippen LogP contribution in [0.25, 0.3) is 0 Å². The van der Waals surface area contributed by atoms with Gasteiger partial charge in [-0.05, 0) is 27.7 Å². The van der Waals surface area contributed by atoms with Gasteiger partial charge in [0.25, 0.3) is 0 Å². The molecule has 0 heterocycles. The van der Waals surface area contributed by atoms with Gasteiger partial charge in [-0.2, -0.15) is 0 Å². The zero-order valence-electron chi connectivity index (χ0n) is 8.48. The zero-order valence-corrected chi connectivity index (χ0v) is 9.23. The second-order valence-electron chi connectivity index (χ2n) is 3.25. The molecule has 0 aromatic heterocycles. The summed E-state index contributed by atoms with van der Waals surface area (Å²) >= 11 is 5.99. The average molecular weight is 206 g/mol. The lowest BCUT2D eigenvalue weighted by Gasteiger charge is -2.20. The molecule has 0 aliphatic rings. The summed E-state index contributed by atoms with van der Waals surface area (Å²) in [6.45, 7) is 7.11. The molecule has 0 spiro atoms. The molecule has 0 rings (SSSR count). The summed E-state index contributed by atoms with van der Waals surface area (Å²) in [5.74, 6) is -0.442. The molecule has 76 valence electrons. The Hall–Kier alpha value is -0.700. The minimum atomic E-state index is -0.787. The Kier molecular flexibility index (Phi) is 4.27. The molecule has 0 aliphatic heterocycles. The third kappa shape index (κ3) is 3.68. The molecule has 0 saturated heterocycles. The molecule has 0 saturated carbocycles. The monoisotopic (exact) mass is 205 g/mol. The molecule has 0 aromatic carbocycles. The number of alkyl halides is 1. The maximum absolute atomic E-state index is 11.4. The second kappa shape index (κ2) is 4.51. The van der Waals surface area contributed by atoms with Crippen LogP contribution in [0.1, 0.15) is 27.7 Å². The van der Waals surface area contributed by atoms with Crippen LogP contribution in [0.3, 0.4) is 0 Å². The third-order valence-electron chi connectivity index (χ3n) is 1.47. The highest BCUT2D eigenvalue weighted by Crippen LogP contribution is 2.26. The highest BCUT2D eigenvalue weighted by atomic mass is 35.5. The van der Waals surface area contributed by atoms with E-state index in [4.69, 9.17) is 22.1 Å². The Morgan fingerprint density at radius 1 is 1.54 bits per heavy atom. The van der Waals surface area contributed by atoms with Crippen LogP contribution in [0.5, 0.6) is 0 Å². The highest BCUT2D eigenvalue weighted by Gasteiger charge is 2.28. The average Bonchev–Trinajstić information content (AvgIpc) is 1.82. The van der Waals surface area contributed by atoms with Crippen molar-refractivity contribution in [3.63, 3.8) is 0 Å². The number of nitrogens with two attached hydrogens (primary N) is 1. The second-order valence-corrected chi connectivity index (χ2v) is 4.20. The molecule has 0 radical (unpaired) electrons. The van der Waals surface area contributed by atoms with Crippen molar-refractivity contribution in [1.82, 2.24) is 0 Å². The van der Waals surface area contributed by atoms with E-state index < -0.39 is 10.8 Å². The summed E-state index contributed by atoms with van der Waals surface area (Å²) in [6, 6.07) is 0. The lowest BCUT2D eigenvalue weighted by Crippen LogP contribution is -2.27. The number of ether oxygens (including phenoxy) is 1. The molecule has 0 unspecified atom stereocenters. The van der Waals surface area contributed by atoms with Crippen LogP contribution in [0, 0.1) is 0 Å². The lowest BCUT2D eigenvalue weighted by molar-refractivity contribution is -0.138. The van der Waals surface area contributed by atoms with Gasteiger partial charge in [-0.25, -0.2) is 4.79 Å². The first-order chi connectivity index (χ1) is 5.80. The van der Waals surface area contributed by atoms with Crippen molar-refractivity contribution in [2.24, 2.45) is 5.73 Å². The molecule has 2 N–H and O–H groups in total. The van der Waals surface area contributed by atoms with Gasteiger partial charge in [-0.15, -0.1) is 11.6 Å². The molecular weight excluding hydrogens is 190 g/mol. The van der Waals surface area contributed by atoms with E-state index in [1.165, 1.54) is 0 Å². The normalized spacial score (nSPS) is 13.6. The van der Waals surface area contributed by atoms with E-state index in [-0.39, 0.29) is 0 Å². The van der Waals surface area contributed by atoms with Crippen molar-refractivity contribution in [3.8, 4) is 0 Å². The van der Waals surface area contributed by atoms with E-state index in [2.05, 4.69) is 0 Å². The van der Waals surface area contributed by atoms with Crippen molar-refractivity contribution in [3.05, 3.63) is 11.3 Å². The summed E-state index contributed by atoms with van der Waals surface area (Å²) in [5.41, 5.74) is 6.28. The molecule has 3 nitrogen and oxygen atoms in total. The molecule has 4 heteroatoms. The maximum Gasteiger partial charge on any atom is 0.337 e. The Morgan fingerprint density at radius 3 is 2.23 bits per heavy atom. The molecule has 0 aromatic rings. The van der Waals surface area contributed by atoms with E-state index >= 15 is 0 Å². The Morgan fingerprint density at radius 2 is 2.00 bits per heavy atom. The highest BCUT2D eigenvalue weighted by molar-refractivity contribution is 6.28. The van der Waals surface area contributed by atoms with Crippen LogP contribution in [-0.2, 0) is 9.53 Å². The third-order valence-corrected chi connectivity index (χ3v) is 1.66. The number of allylic oxidation sites excluding steroid dienone is 1. The van der Waals surface area contributed by atoms with Gasteiger partial charge in [0, 0.05) is 5.70 Å². The quantitative estimate of drug-likeness (QED) is 0.434. The summed E-state index contributed by atoms with van der Waals surface area (Å²) in [6.07, 6.45) is 0. The molecule has 0 aliphatic carbocycles. The molecule has 0 bridgehead atoms. The summed E-state index contributed by atoms with van der Waals surface area (Å²) < 4.78 is 4.83. The SMILES string of the molecule is CCOC(=O)/C(=C(/C)N)C(C)(C)Cl. The van der Waals surface area contributed by atoms with E-state index in [9.17, 15) is 4.79 Å². The van der Waals surface area contributed by atoms with Gasteiger partial charge in [0.1, 0.15) is 0 Å². The van der Waals surface area contributed by atoms with E-state index in [1.54, 1.807) is 27.7 Å². The van der Waals surface area contributed by atoms with Crippen molar-refractivity contribution in [2.45, 2.75) is 32.6 Å². The van der Waals surface area contributed by atoms with Gasteiger partial charge in [-0.1, -0.05) is 0 Å². The van der Waals surface area contributed by atoms with Crippen molar-refractivity contribution < 1.29 is 9.53 Å². The van der Waals surface area contributed by atoms with Gasteiger partial charge in [-0.3, -0.25) is 0 Å². The number of rotatable bonds is 3. The topological polar surface area (TPSA) is 52.3 Å². The van der Waals surface area contributed by atoms with E-state index in [1.807, 2.05) is 0 Å². The fourth-order valence-electron chi connectivity index (χ4n) is 1.08. The van der Waals surface area contributed by atoms with Gasteiger partial charge < -0.3 is 10.5 Å². The first kappa shape index (κ1) is 12.3. The number of carbonyl (C=O) groups is 1. The number of hydrogen-bond donors (Lipinski definition) is 1. The minimum Gasteiger partial charge on any atom is -0.463 e. The molecule has 0 atom stereocenters. The van der Waals surface area contributed by atoms with Crippen molar-refractivity contribution in [1.29, 1.82) is 0 Å². The fraction of sp³-hybridized carbons (Fsp3) is 0.667. The summed E-state index contributed by atoms with van der Waals surface area (Å²) in [7, 11) is 0. The summed E-state index contributed by atoms with van der Waals surface area (Å²) in [4.78, 5) is 10.6. The number of carbonyl (C=O) groups excluding carboxylic acids is 1. The Balaban J connectivity index is 4.87. The molecule has 13 heavy (non-hydrogen) atoms. The van der Waals surface area contributed by atoms with Crippen LogP contribution in [0.4, 0.5) is 0 Å². The predicted molar refractivity (Wildman–Crippen MR) is 53.5 cm³/mol. The lowest BCUT2D eigenvalue weighted by atomic mass is 10.0. The van der Waals surface area contributed by atoms with Crippen molar-refractivity contribution in [2.75, 3.05) is 6.61 Å². The van der Waals surface area contributed by atoms with E-state index in [0.29, 0.717) is 17.9 Å². The van der Waals surface area contributed by atoms with Crippen LogP contribution in [0.15, 0.2) is 11.3 Å². The van der Waals surface area contributed by atoms with Crippen LogP contribution < -0.4 is 5.73 Å². The zero-order chi connectivity index (χ0) is 10.6.